The average Bonchev–Trinajstić information content (AvgIpc) is 3.03. The molecule has 5 aliphatic rings. The van der Waals surface area contributed by atoms with E-state index in [1.807, 2.05) is 30.3 Å². The molecule has 6 rings (SSSR count). The van der Waals surface area contributed by atoms with Crippen molar-refractivity contribution in [1.29, 1.82) is 0 Å². The Morgan fingerprint density at radius 2 is 1.56 bits per heavy atom. The van der Waals surface area contributed by atoms with Gasteiger partial charge in [0, 0.05) is 12.0 Å². The van der Waals surface area contributed by atoms with Crippen LogP contribution in [0.25, 0.3) is 0 Å². The van der Waals surface area contributed by atoms with Gasteiger partial charge in [0.25, 0.3) is 0 Å². The van der Waals surface area contributed by atoms with Gasteiger partial charge in [-0.3, -0.25) is 19.2 Å². The highest BCUT2D eigenvalue weighted by molar-refractivity contribution is 5.96. The molecule has 1 amide bonds. The summed E-state index contributed by atoms with van der Waals surface area (Å²) in [5.41, 5.74) is 0.912. The standard InChI is InChI=1S/C41H57NO6/c1-36(2)30-14-17-41(7)34(39(30,5)16-15-31(36)42-32(44)23-33(45)47-8)29(43)22-27-28-24-38(4,19-18-37(28,3)20-21-40(27,41)6)35(46)48-25-26-12-10-9-11-13-26/h9-13,22,28,30-31,34H,14-21,23-25H2,1-8H3,(H,42,44)/t28?,30?,31?,34?,37-,38+,39+,40-,41-/m1/s1. The maximum Gasteiger partial charge on any atom is 0.315 e. The second-order valence-corrected chi connectivity index (χ2v) is 18.0. The lowest BCUT2D eigenvalue weighted by Gasteiger charge is -2.70. The zero-order valence-electron chi connectivity index (χ0n) is 30.5. The van der Waals surface area contributed by atoms with Crippen LogP contribution in [0.2, 0.25) is 0 Å². The minimum atomic E-state index is -0.594. The summed E-state index contributed by atoms with van der Waals surface area (Å²) in [5, 5.41) is 3.17. The number of benzene rings is 1. The van der Waals surface area contributed by atoms with E-state index in [1.54, 1.807) is 0 Å². The average molecular weight is 660 g/mol. The van der Waals surface area contributed by atoms with Crippen LogP contribution in [0.5, 0.6) is 0 Å². The Morgan fingerprint density at radius 3 is 2.25 bits per heavy atom. The lowest BCUT2D eigenvalue weighted by atomic mass is 9.33. The van der Waals surface area contributed by atoms with E-state index >= 15 is 0 Å². The molecular formula is C41H57NO6. The fraction of sp³-hybridized carbons (Fsp3) is 0.707. The summed E-state index contributed by atoms with van der Waals surface area (Å²) in [6, 6.07) is 9.79. The number of methoxy groups -OCH3 is 1. The Morgan fingerprint density at radius 1 is 0.875 bits per heavy atom. The van der Waals surface area contributed by atoms with Gasteiger partial charge in [0.15, 0.2) is 5.78 Å². The lowest BCUT2D eigenvalue weighted by Crippen LogP contribution is -2.67. The Kier molecular flexibility index (Phi) is 8.60. The second-order valence-electron chi connectivity index (χ2n) is 18.0. The maximum absolute atomic E-state index is 14.8. The van der Waals surface area contributed by atoms with E-state index in [0.717, 1.165) is 56.9 Å². The number of rotatable bonds is 6. The molecule has 7 nitrogen and oxygen atoms in total. The number of allylic oxidation sites excluding steroid dienone is 2. The van der Waals surface area contributed by atoms with Crippen molar-refractivity contribution in [3.8, 4) is 0 Å². The van der Waals surface area contributed by atoms with Gasteiger partial charge in [-0.1, -0.05) is 77.4 Å². The first-order valence-electron chi connectivity index (χ1n) is 18.3. The Bertz CT molecular complexity index is 1520. The highest BCUT2D eigenvalue weighted by Crippen LogP contribution is 2.75. The topological polar surface area (TPSA) is 98.8 Å². The van der Waals surface area contributed by atoms with Crippen molar-refractivity contribution >= 4 is 23.6 Å². The summed E-state index contributed by atoms with van der Waals surface area (Å²) < 4.78 is 10.7. The quantitative estimate of drug-likeness (QED) is 0.248. The Hall–Kier alpha value is -2.96. The van der Waals surface area contributed by atoms with Gasteiger partial charge in [-0.05, 0) is 115 Å². The molecule has 9 atom stereocenters. The number of carbonyl (C=O) groups excluding carboxylic acids is 4. The van der Waals surface area contributed by atoms with Crippen molar-refractivity contribution in [2.75, 3.05) is 7.11 Å². The van der Waals surface area contributed by atoms with E-state index in [0.29, 0.717) is 6.42 Å². The highest BCUT2D eigenvalue weighted by Gasteiger charge is 2.70. The molecule has 7 heteroatoms. The summed E-state index contributed by atoms with van der Waals surface area (Å²) in [7, 11) is 1.30. The van der Waals surface area contributed by atoms with Gasteiger partial charge in [0.05, 0.1) is 12.5 Å². The van der Waals surface area contributed by atoms with Gasteiger partial charge in [-0.25, -0.2) is 0 Å². The predicted molar refractivity (Wildman–Crippen MR) is 184 cm³/mol. The molecule has 0 aromatic heterocycles. The molecular weight excluding hydrogens is 602 g/mol. The monoisotopic (exact) mass is 659 g/mol. The number of nitrogens with one attached hydrogen (secondary N) is 1. The van der Waals surface area contributed by atoms with Crippen molar-refractivity contribution < 1.29 is 28.7 Å². The summed E-state index contributed by atoms with van der Waals surface area (Å²) in [5.74, 6) is -0.417. The Labute approximate surface area is 287 Å². The van der Waals surface area contributed by atoms with E-state index in [2.05, 4.69) is 59.9 Å². The molecule has 1 N–H and O–H groups in total. The van der Waals surface area contributed by atoms with Crippen LogP contribution in [0.1, 0.15) is 118 Å². The molecule has 1 aromatic rings. The van der Waals surface area contributed by atoms with Gasteiger partial charge in [0.2, 0.25) is 5.91 Å². The van der Waals surface area contributed by atoms with Gasteiger partial charge in [-0.15, -0.1) is 0 Å². The van der Waals surface area contributed by atoms with Crippen LogP contribution in [-0.4, -0.2) is 36.8 Å². The number of carbonyl (C=O) groups is 4. The lowest BCUT2D eigenvalue weighted by molar-refractivity contribution is -0.190. The van der Waals surface area contributed by atoms with Crippen LogP contribution in [0.3, 0.4) is 0 Å². The van der Waals surface area contributed by atoms with Crippen LogP contribution in [0.4, 0.5) is 0 Å². The molecule has 0 aliphatic heterocycles. The Balaban J connectivity index is 1.28. The van der Waals surface area contributed by atoms with Gasteiger partial charge >= 0.3 is 11.9 Å². The van der Waals surface area contributed by atoms with Crippen LogP contribution in [0.15, 0.2) is 42.0 Å². The van der Waals surface area contributed by atoms with Crippen LogP contribution >= 0.6 is 0 Å². The van der Waals surface area contributed by atoms with Gasteiger partial charge in [-0.2, -0.15) is 0 Å². The molecule has 0 radical (unpaired) electrons. The fourth-order valence-electron chi connectivity index (χ4n) is 12.0. The van der Waals surface area contributed by atoms with Gasteiger partial charge in [0.1, 0.15) is 13.0 Å². The molecule has 0 spiro atoms. The molecule has 4 fully saturated rings. The van der Waals surface area contributed by atoms with Crippen LogP contribution in [-0.2, 0) is 35.3 Å². The summed E-state index contributed by atoms with van der Waals surface area (Å²) in [6.45, 7) is 16.4. The molecule has 48 heavy (non-hydrogen) atoms. The van der Waals surface area contributed by atoms with E-state index in [-0.39, 0.29) is 81.6 Å². The van der Waals surface area contributed by atoms with E-state index in [9.17, 15) is 19.2 Å². The predicted octanol–water partition coefficient (Wildman–Crippen LogP) is 7.76. The number of amides is 1. The molecule has 4 saturated carbocycles. The normalized spacial score (nSPS) is 41.3. The third-order valence-corrected chi connectivity index (χ3v) is 15.2. The number of hydrogen-bond acceptors (Lipinski definition) is 6. The first-order chi connectivity index (χ1) is 22.4. The zero-order valence-corrected chi connectivity index (χ0v) is 30.5. The number of ether oxygens (including phenoxy) is 2. The zero-order chi connectivity index (χ0) is 34.9. The maximum atomic E-state index is 14.8. The first-order valence-corrected chi connectivity index (χ1v) is 18.3. The minimum absolute atomic E-state index is 0.0532. The van der Waals surface area contributed by atoms with Crippen molar-refractivity contribution in [2.24, 2.45) is 50.2 Å². The largest absolute Gasteiger partial charge is 0.469 e. The number of fused-ring (bicyclic) bond motifs is 7. The summed E-state index contributed by atoms with van der Waals surface area (Å²) in [6.07, 6.45) is 9.95. The minimum Gasteiger partial charge on any atom is -0.469 e. The smallest absolute Gasteiger partial charge is 0.315 e. The van der Waals surface area contributed by atoms with E-state index in [1.165, 1.54) is 12.7 Å². The molecule has 5 aliphatic carbocycles. The third-order valence-electron chi connectivity index (χ3n) is 15.2. The molecule has 262 valence electrons. The molecule has 1 aromatic carbocycles. The molecule has 0 saturated heterocycles. The first kappa shape index (κ1) is 34.9. The van der Waals surface area contributed by atoms with Crippen molar-refractivity contribution in [3.63, 3.8) is 0 Å². The fourth-order valence-corrected chi connectivity index (χ4v) is 12.0. The van der Waals surface area contributed by atoms with Crippen molar-refractivity contribution in [3.05, 3.63) is 47.5 Å². The number of hydrogen-bond donors (Lipinski definition) is 1. The number of esters is 2. The van der Waals surface area contributed by atoms with Crippen molar-refractivity contribution in [2.45, 2.75) is 125 Å². The van der Waals surface area contributed by atoms with Crippen molar-refractivity contribution in [1.82, 2.24) is 5.32 Å². The van der Waals surface area contributed by atoms with Crippen LogP contribution < -0.4 is 5.32 Å². The molecule has 0 bridgehead atoms. The van der Waals surface area contributed by atoms with Crippen LogP contribution in [0, 0.1) is 50.2 Å². The van der Waals surface area contributed by atoms with E-state index in [4.69, 9.17) is 9.47 Å². The van der Waals surface area contributed by atoms with E-state index < -0.39 is 11.4 Å². The molecule has 4 unspecified atom stereocenters. The highest BCUT2D eigenvalue weighted by atomic mass is 16.5. The number of ketones is 1. The second kappa shape index (κ2) is 11.8. The SMILES string of the molecule is COC(=O)CC(=O)NC1CC[C@@]2(C)C(CC[C@]3(C)C2C(=O)C=C2C4C[C@@](C)(C(=O)OCc5ccccc5)CC[C@]4(C)CC[C@]23C)C1(C)C. The summed E-state index contributed by atoms with van der Waals surface area (Å²) in [4.78, 5) is 53.0. The van der Waals surface area contributed by atoms with Gasteiger partial charge < -0.3 is 14.8 Å². The third kappa shape index (κ3) is 5.28. The molecule has 0 heterocycles. The summed E-state index contributed by atoms with van der Waals surface area (Å²) >= 11 is 0.